The largest absolute Gasteiger partial charge is 0.378 e. The van der Waals surface area contributed by atoms with Gasteiger partial charge in [0.1, 0.15) is 5.82 Å². The molecule has 0 unspecified atom stereocenters. The minimum absolute atomic E-state index is 0.0169. The van der Waals surface area contributed by atoms with Crippen molar-refractivity contribution in [3.05, 3.63) is 41.6 Å². The minimum Gasteiger partial charge on any atom is -0.378 e. The summed E-state index contributed by atoms with van der Waals surface area (Å²) >= 11 is 0. The molecule has 0 spiro atoms. The number of rotatable bonds is 4. The second-order valence-corrected chi connectivity index (χ2v) is 8.21. The van der Waals surface area contributed by atoms with Gasteiger partial charge in [-0.05, 0) is 18.6 Å². The third-order valence-corrected chi connectivity index (χ3v) is 4.73. The van der Waals surface area contributed by atoms with Crippen LogP contribution < -0.4 is 4.90 Å². The molecule has 2 heterocycles. The maximum atomic E-state index is 11.5. The van der Waals surface area contributed by atoms with E-state index in [9.17, 15) is 8.42 Å². The fraction of sp³-hybridized carbons (Fsp3) is 0.412. The zero-order valence-electron chi connectivity index (χ0n) is 13.9. The summed E-state index contributed by atoms with van der Waals surface area (Å²) in [5.74, 6) is 1.54. The molecular weight excluding hydrogens is 326 g/mol. The van der Waals surface area contributed by atoms with E-state index in [1.54, 1.807) is 0 Å². The lowest BCUT2D eigenvalue weighted by atomic mass is 10.1. The van der Waals surface area contributed by atoms with Gasteiger partial charge in [0.25, 0.3) is 0 Å². The van der Waals surface area contributed by atoms with Crippen molar-refractivity contribution in [3.8, 4) is 11.4 Å². The fourth-order valence-electron chi connectivity index (χ4n) is 2.77. The van der Waals surface area contributed by atoms with Crippen LogP contribution in [0.25, 0.3) is 11.4 Å². The summed E-state index contributed by atoms with van der Waals surface area (Å²) in [4.78, 5) is 11.3. The van der Waals surface area contributed by atoms with Crippen molar-refractivity contribution in [2.75, 3.05) is 37.5 Å². The predicted octanol–water partition coefficient (Wildman–Crippen LogP) is 1.83. The second kappa shape index (κ2) is 6.86. The summed E-state index contributed by atoms with van der Waals surface area (Å²) < 4.78 is 28.4. The van der Waals surface area contributed by atoms with Gasteiger partial charge in [0.15, 0.2) is 15.7 Å². The molecule has 0 atom stereocenters. The number of sulfone groups is 1. The van der Waals surface area contributed by atoms with Crippen LogP contribution in [0.1, 0.15) is 11.1 Å². The second-order valence-electron chi connectivity index (χ2n) is 6.07. The molecule has 6 nitrogen and oxygen atoms in total. The Labute approximate surface area is 142 Å². The van der Waals surface area contributed by atoms with Crippen molar-refractivity contribution < 1.29 is 13.2 Å². The van der Waals surface area contributed by atoms with Gasteiger partial charge in [-0.1, -0.05) is 18.2 Å². The number of hydrogen-bond donors (Lipinski definition) is 0. The van der Waals surface area contributed by atoms with E-state index in [1.807, 2.05) is 37.4 Å². The number of aryl methyl sites for hydroxylation is 1. The third kappa shape index (κ3) is 4.10. The molecule has 1 fully saturated rings. The maximum Gasteiger partial charge on any atom is 0.161 e. The molecule has 3 rings (SSSR count). The molecule has 128 valence electrons. The normalized spacial score (nSPS) is 15.5. The van der Waals surface area contributed by atoms with Gasteiger partial charge < -0.3 is 9.64 Å². The van der Waals surface area contributed by atoms with E-state index in [0.29, 0.717) is 19.0 Å². The Morgan fingerprint density at radius 3 is 2.71 bits per heavy atom. The molecule has 2 aromatic rings. The SMILES string of the molecule is Cc1cnc(-c2cccc(CS(C)(=O)=O)c2)nc1N1CCOCC1. The molecule has 0 aliphatic carbocycles. The lowest BCUT2D eigenvalue weighted by Crippen LogP contribution is -2.37. The average molecular weight is 347 g/mol. The van der Waals surface area contributed by atoms with Crippen molar-refractivity contribution in [2.24, 2.45) is 0 Å². The van der Waals surface area contributed by atoms with Crippen LogP contribution in [0.3, 0.4) is 0 Å². The van der Waals surface area contributed by atoms with Crippen molar-refractivity contribution in [1.82, 2.24) is 9.97 Å². The molecule has 1 aliphatic heterocycles. The Morgan fingerprint density at radius 2 is 2.00 bits per heavy atom. The van der Waals surface area contributed by atoms with E-state index in [-0.39, 0.29) is 5.75 Å². The number of hydrogen-bond acceptors (Lipinski definition) is 6. The quantitative estimate of drug-likeness (QED) is 0.840. The minimum atomic E-state index is -3.07. The van der Waals surface area contributed by atoms with Gasteiger partial charge >= 0.3 is 0 Å². The van der Waals surface area contributed by atoms with Gasteiger partial charge in [-0.3, -0.25) is 0 Å². The van der Waals surface area contributed by atoms with Crippen LogP contribution in [0.2, 0.25) is 0 Å². The fourth-order valence-corrected chi connectivity index (χ4v) is 3.56. The maximum absolute atomic E-state index is 11.5. The standard InChI is InChI=1S/C17H21N3O3S/c1-13-11-18-16(19-17(13)20-6-8-23-9-7-20)15-5-3-4-14(10-15)12-24(2,21)22/h3-5,10-11H,6-9,12H2,1-2H3. The molecule has 0 saturated carbocycles. The third-order valence-electron chi connectivity index (χ3n) is 3.87. The molecule has 0 radical (unpaired) electrons. The number of morpholine rings is 1. The zero-order chi connectivity index (χ0) is 17.2. The summed E-state index contributed by atoms with van der Waals surface area (Å²) in [5.41, 5.74) is 2.59. The average Bonchev–Trinajstić information content (AvgIpc) is 2.55. The monoisotopic (exact) mass is 347 g/mol. The summed E-state index contributed by atoms with van der Waals surface area (Å²) in [7, 11) is -3.07. The van der Waals surface area contributed by atoms with E-state index >= 15 is 0 Å². The number of nitrogens with zero attached hydrogens (tertiary/aromatic N) is 3. The van der Waals surface area contributed by atoms with Crippen molar-refractivity contribution in [3.63, 3.8) is 0 Å². The summed E-state index contributed by atoms with van der Waals surface area (Å²) in [5, 5.41) is 0. The van der Waals surface area contributed by atoms with Crippen LogP contribution >= 0.6 is 0 Å². The van der Waals surface area contributed by atoms with Crippen molar-refractivity contribution >= 4 is 15.7 Å². The Kier molecular flexibility index (Phi) is 4.82. The van der Waals surface area contributed by atoms with Gasteiger partial charge in [-0.25, -0.2) is 18.4 Å². The van der Waals surface area contributed by atoms with Gasteiger partial charge in [-0.15, -0.1) is 0 Å². The number of benzene rings is 1. The molecule has 24 heavy (non-hydrogen) atoms. The highest BCUT2D eigenvalue weighted by atomic mass is 32.2. The van der Waals surface area contributed by atoms with Crippen LogP contribution in [-0.4, -0.2) is 50.9 Å². The molecule has 0 amide bonds. The predicted molar refractivity (Wildman–Crippen MR) is 93.8 cm³/mol. The topological polar surface area (TPSA) is 72.4 Å². The Bertz CT molecular complexity index is 831. The van der Waals surface area contributed by atoms with E-state index in [4.69, 9.17) is 9.72 Å². The highest BCUT2D eigenvalue weighted by Gasteiger charge is 2.16. The molecular formula is C17H21N3O3S. The number of aromatic nitrogens is 2. The zero-order valence-corrected chi connectivity index (χ0v) is 14.7. The lowest BCUT2D eigenvalue weighted by Gasteiger charge is -2.29. The van der Waals surface area contributed by atoms with Gasteiger partial charge in [0.05, 0.1) is 19.0 Å². The molecule has 0 N–H and O–H groups in total. The molecule has 1 aromatic carbocycles. The first kappa shape index (κ1) is 16.9. The first-order chi connectivity index (χ1) is 11.4. The van der Waals surface area contributed by atoms with Gasteiger partial charge in [-0.2, -0.15) is 0 Å². The summed E-state index contributed by atoms with van der Waals surface area (Å²) in [6.07, 6.45) is 3.05. The van der Waals surface area contributed by atoms with Crippen LogP contribution in [0.4, 0.5) is 5.82 Å². The van der Waals surface area contributed by atoms with Gasteiger partial charge in [0.2, 0.25) is 0 Å². The highest BCUT2D eigenvalue weighted by Crippen LogP contribution is 2.23. The first-order valence-electron chi connectivity index (χ1n) is 7.86. The van der Waals surface area contributed by atoms with Crippen molar-refractivity contribution in [1.29, 1.82) is 0 Å². The number of anilines is 1. The number of ether oxygens (including phenoxy) is 1. The molecule has 1 aromatic heterocycles. The Balaban J connectivity index is 1.93. The summed E-state index contributed by atoms with van der Waals surface area (Å²) in [6, 6.07) is 7.39. The molecule has 1 aliphatic rings. The Hall–Kier alpha value is -1.99. The van der Waals surface area contributed by atoms with E-state index < -0.39 is 9.84 Å². The van der Waals surface area contributed by atoms with Crippen LogP contribution in [-0.2, 0) is 20.3 Å². The van der Waals surface area contributed by atoms with Crippen LogP contribution in [0, 0.1) is 6.92 Å². The van der Waals surface area contributed by atoms with Crippen molar-refractivity contribution in [2.45, 2.75) is 12.7 Å². The molecule has 7 heteroatoms. The lowest BCUT2D eigenvalue weighted by molar-refractivity contribution is 0.122. The van der Waals surface area contributed by atoms with Crippen LogP contribution in [0.5, 0.6) is 0 Å². The Morgan fingerprint density at radius 1 is 1.25 bits per heavy atom. The smallest absolute Gasteiger partial charge is 0.161 e. The van der Waals surface area contributed by atoms with Crippen LogP contribution in [0.15, 0.2) is 30.5 Å². The first-order valence-corrected chi connectivity index (χ1v) is 9.92. The van der Waals surface area contributed by atoms with E-state index in [2.05, 4.69) is 9.88 Å². The highest BCUT2D eigenvalue weighted by molar-refractivity contribution is 7.89. The van der Waals surface area contributed by atoms with E-state index in [1.165, 1.54) is 6.26 Å². The molecule has 1 saturated heterocycles. The van der Waals surface area contributed by atoms with Gasteiger partial charge in [0, 0.05) is 36.7 Å². The summed E-state index contributed by atoms with van der Waals surface area (Å²) in [6.45, 7) is 5.01. The molecule has 0 bridgehead atoms. The van der Waals surface area contributed by atoms with E-state index in [0.717, 1.165) is 35.6 Å².